The third kappa shape index (κ3) is 3.26. The minimum Gasteiger partial charge on any atom is -0.508 e. The maximum Gasteiger partial charge on any atom is 0.257 e. The van der Waals surface area contributed by atoms with Crippen LogP contribution in [0.4, 0.5) is 0 Å². The van der Waals surface area contributed by atoms with Crippen LogP contribution in [0, 0.1) is 0 Å². The number of nitrogens with zero attached hydrogens (tertiary/aromatic N) is 2. The average Bonchev–Trinajstić information content (AvgIpc) is 3.10. The Hall–Kier alpha value is -2.80. The molecule has 126 valence electrons. The molecule has 2 heterocycles. The maximum absolute atomic E-state index is 12.4. The molecule has 7 nitrogen and oxygen atoms in total. The van der Waals surface area contributed by atoms with E-state index in [0.29, 0.717) is 43.1 Å². The second kappa shape index (κ2) is 6.76. The van der Waals surface area contributed by atoms with Crippen molar-refractivity contribution in [2.45, 2.75) is 6.54 Å². The van der Waals surface area contributed by atoms with Crippen molar-refractivity contribution in [2.75, 3.05) is 26.2 Å². The first-order chi connectivity index (χ1) is 11.6. The molecule has 0 atom stereocenters. The highest BCUT2D eigenvalue weighted by molar-refractivity contribution is 5.96. The number of phenolic OH excluding ortho intramolecular Hbond substituents is 1. The highest BCUT2D eigenvalue weighted by atomic mass is 16.3. The first kappa shape index (κ1) is 16.1. The fourth-order valence-electron chi connectivity index (χ4n) is 2.68. The molecule has 1 aliphatic heterocycles. The van der Waals surface area contributed by atoms with Crippen molar-refractivity contribution in [3.63, 3.8) is 0 Å². The number of hydrogen-bond acceptors (Lipinski definition) is 5. The topological polar surface area (TPSA) is 100 Å². The van der Waals surface area contributed by atoms with E-state index in [1.807, 2.05) is 0 Å². The Labute approximate surface area is 139 Å². The number of piperazine rings is 1. The van der Waals surface area contributed by atoms with Crippen LogP contribution in [-0.4, -0.2) is 52.9 Å². The van der Waals surface area contributed by atoms with E-state index in [1.165, 1.54) is 18.4 Å². The molecule has 3 N–H and O–H groups in total. The molecule has 1 saturated heterocycles. The molecule has 0 spiro atoms. The van der Waals surface area contributed by atoms with E-state index >= 15 is 0 Å². The molecule has 3 rings (SSSR count). The number of carbonyl (C=O) groups is 2. The van der Waals surface area contributed by atoms with Gasteiger partial charge in [-0.25, -0.2) is 0 Å². The number of carbonyl (C=O) groups excluding carboxylic acids is 2. The molecular weight excluding hydrogens is 310 g/mol. The van der Waals surface area contributed by atoms with Gasteiger partial charge in [0.1, 0.15) is 17.8 Å². The third-order valence-corrected chi connectivity index (χ3v) is 4.07. The van der Waals surface area contributed by atoms with Crippen LogP contribution < -0.4 is 5.73 Å². The Balaban J connectivity index is 1.60. The molecule has 2 amide bonds. The average molecular weight is 329 g/mol. The van der Waals surface area contributed by atoms with Gasteiger partial charge in [0.05, 0.1) is 12.1 Å². The first-order valence-electron chi connectivity index (χ1n) is 7.73. The Morgan fingerprint density at radius 1 is 1.00 bits per heavy atom. The molecule has 1 fully saturated rings. The monoisotopic (exact) mass is 329 g/mol. The molecule has 24 heavy (non-hydrogen) atoms. The van der Waals surface area contributed by atoms with Gasteiger partial charge < -0.3 is 25.1 Å². The Kier molecular flexibility index (Phi) is 4.52. The number of benzene rings is 1. The quantitative estimate of drug-likeness (QED) is 0.876. The summed E-state index contributed by atoms with van der Waals surface area (Å²) in [5, 5.41) is 9.29. The summed E-state index contributed by atoms with van der Waals surface area (Å²) in [7, 11) is 0. The fraction of sp³-hybridized carbons (Fsp3) is 0.294. The van der Waals surface area contributed by atoms with Gasteiger partial charge in [-0.1, -0.05) is 0 Å². The van der Waals surface area contributed by atoms with Crippen LogP contribution in [0.5, 0.6) is 5.75 Å². The van der Waals surface area contributed by atoms with Crippen LogP contribution in [0.15, 0.2) is 41.0 Å². The molecule has 1 aromatic heterocycles. The van der Waals surface area contributed by atoms with Crippen molar-refractivity contribution < 1.29 is 19.1 Å². The molecule has 0 unspecified atom stereocenters. The Morgan fingerprint density at radius 3 is 2.04 bits per heavy atom. The molecule has 1 aliphatic rings. The van der Waals surface area contributed by atoms with E-state index in [4.69, 9.17) is 10.2 Å². The minimum atomic E-state index is -0.116. The van der Waals surface area contributed by atoms with Crippen LogP contribution in [0.2, 0.25) is 0 Å². The van der Waals surface area contributed by atoms with Crippen LogP contribution in [0.1, 0.15) is 26.5 Å². The molecule has 0 bridgehead atoms. The summed E-state index contributed by atoms with van der Waals surface area (Å²) < 4.78 is 5.20. The van der Waals surface area contributed by atoms with Crippen LogP contribution in [-0.2, 0) is 6.54 Å². The normalized spacial score (nSPS) is 14.7. The largest absolute Gasteiger partial charge is 0.508 e. The molecule has 2 aromatic rings. The van der Waals surface area contributed by atoms with Crippen molar-refractivity contribution in [3.8, 4) is 5.75 Å². The zero-order chi connectivity index (χ0) is 17.1. The lowest BCUT2D eigenvalue weighted by Gasteiger charge is -2.34. The number of phenols is 1. The van der Waals surface area contributed by atoms with Crippen molar-refractivity contribution in [1.82, 2.24) is 9.80 Å². The van der Waals surface area contributed by atoms with Gasteiger partial charge in [0.25, 0.3) is 11.8 Å². The molecule has 0 aliphatic carbocycles. The molecule has 0 radical (unpaired) electrons. The van der Waals surface area contributed by atoms with E-state index < -0.39 is 0 Å². The molecule has 1 aromatic carbocycles. The fourth-order valence-corrected chi connectivity index (χ4v) is 2.68. The van der Waals surface area contributed by atoms with Gasteiger partial charge in [0.2, 0.25) is 0 Å². The standard InChI is InChI=1S/C17H19N3O4/c18-10-15-9-13(11-24-15)17(23)20-7-5-19(6-8-20)16(22)12-1-3-14(21)4-2-12/h1-4,9,11,21H,5-8,10,18H2. The smallest absolute Gasteiger partial charge is 0.257 e. The SMILES string of the molecule is NCc1cc(C(=O)N2CCN(C(=O)c3ccc(O)cc3)CC2)co1. The number of amides is 2. The van der Waals surface area contributed by atoms with E-state index in [0.717, 1.165) is 0 Å². The third-order valence-electron chi connectivity index (χ3n) is 4.07. The first-order valence-corrected chi connectivity index (χ1v) is 7.73. The van der Waals surface area contributed by atoms with Crippen molar-refractivity contribution >= 4 is 11.8 Å². The lowest BCUT2D eigenvalue weighted by molar-refractivity contribution is 0.0535. The number of nitrogens with two attached hydrogens (primary N) is 1. The zero-order valence-electron chi connectivity index (χ0n) is 13.1. The van der Waals surface area contributed by atoms with E-state index in [2.05, 4.69) is 0 Å². The van der Waals surface area contributed by atoms with Gasteiger partial charge in [-0.2, -0.15) is 0 Å². The zero-order valence-corrected chi connectivity index (χ0v) is 13.1. The number of aromatic hydroxyl groups is 1. The van der Waals surface area contributed by atoms with E-state index in [9.17, 15) is 14.7 Å². The van der Waals surface area contributed by atoms with Crippen molar-refractivity contribution in [2.24, 2.45) is 5.73 Å². The summed E-state index contributed by atoms with van der Waals surface area (Å²) in [5.41, 5.74) is 6.48. The van der Waals surface area contributed by atoms with Gasteiger partial charge in [-0.3, -0.25) is 9.59 Å². The number of hydrogen-bond donors (Lipinski definition) is 2. The van der Waals surface area contributed by atoms with Crippen LogP contribution >= 0.6 is 0 Å². The van der Waals surface area contributed by atoms with E-state index in [1.54, 1.807) is 28.0 Å². The summed E-state index contributed by atoms with van der Waals surface area (Å²) >= 11 is 0. The summed E-state index contributed by atoms with van der Waals surface area (Å²) in [6.45, 7) is 2.11. The second-order valence-electron chi connectivity index (χ2n) is 5.64. The lowest BCUT2D eigenvalue weighted by Crippen LogP contribution is -2.50. The van der Waals surface area contributed by atoms with Crippen molar-refractivity contribution in [1.29, 1.82) is 0 Å². The molecular formula is C17H19N3O4. The van der Waals surface area contributed by atoms with Crippen LogP contribution in [0.25, 0.3) is 0 Å². The van der Waals surface area contributed by atoms with Gasteiger partial charge >= 0.3 is 0 Å². The predicted molar refractivity (Wildman–Crippen MR) is 86.5 cm³/mol. The summed E-state index contributed by atoms with van der Waals surface area (Å²) in [6, 6.07) is 7.81. The van der Waals surface area contributed by atoms with Gasteiger partial charge in [0, 0.05) is 31.7 Å². The predicted octanol–water partition coefficient (Wildman–Crippen LogP) is 1.04. The van der Waals surface area contributed by atoms with Gasteiger partial charge in [-0.15, -0.1) is 0 Å². The van der Waals surface area contributed by atoms with E-state index in [-0.39, 0.29) is 24.1 Å². The highest BCUT2D eigenvalue weighted by Gasteiger charge is 2.26. The van der Waals surface area contributed by atoms with Crippen molar-refractivity contribution in [3.05, 3.63) is 53.5 Å². The second-order valence-corrected chi connectivity index (χ2v) is 5.64. The summed E-state index contributed by atoms with van der Waals surface area (Å²) in [4.78, 5) is 28.2. The summed E-state index contributed by atoms with van der Waals surface area (Å²) in [5.74, 6) is 0.476. The minimum absolute atomic E-state index is 0.101. The number of furan rings is 1. The number of rotatable bonds is 3. The Morgan fingerprint density at radius 2 is 1.54 bits per heavy atom. The van der Waals surface area contributed by atoms with Crippen LogP contribution in [0.3, 0.4) is 0 Å². The summed E-state index contributed by atoms with van der Waals surface area (Å²) in [6.07, 6.45) is 1.42. The van der Waals surface area contributed by atoms with Gasteiger partial charge in [-0.05, 0) is 30.3 Å². The molecule has 7 heteroatoms. The Bertz CT molecular complexity index is 731. The highest BCUT2D eigenvalue weighted by Crippen LogP contribution is 2.15. The van der Waals surface area contributed by atoms with Gasteiger partial charge in [0.15, 0.2) is 0 Å². The molecule has 0 saturated carbocycles. The lowest BCUT2D eigenvalue weighted by atomic mass is 10.1. The maximum atomic E-state index is 12.4.